The van der Waals surface area contributed by atoms with E-state index < -0.39 is 14.5 Å². The second-order valence-electron chi connectivity index (χ2n) is 9.15. The monoisotopic (exact) mass is 654 g/mol. The highest BCUT2D eigenvalue weighted by atomic mass is 35.5. The number of hydrogen-bond acceptors (Lipinski definition) is 0. The van der Waals surface area contributed by atoms with Crippen molar-refractivity contribution in [2.75, 3.05) is 0 Å². The van der Waals surface area contributed by atoms with Gasteiger partial charge in [0.2, 0.25) is 0 Å². The van der Waals surface area contributed by atoms with Crippen LogP contribution in [0.15, 0.2) is 121 Å². The highest BCUT2D eigenvalue weighted by Crippen LogP contribution is 2.69. The summed E-state index contributed by atoms with van der Waals surface area (Å²) in [6.07, 6.45) is 0. The minimum absolute atomic E-state index is 0.280. The summed E-state index contributed by atoms with van der Waals surface area (Å²) in [5, 5.41) is 5.03. The summed E-state index contributed by atoms with van der Waals surface area (Å²) in [7, 11) is -8.62. The van der Waals surface area contributed by atoms with E-state index in [0.29, 0.717) is 15.1 Å². The van der Waals surface area contributed by atoms with Crippen LogP contribution in [-0.2, 0) is 0 Å². The van der Waals surface area contributed by atoms with Crippen LogP contribution >= 0.6 is 42.1 Å². The molecular formula is C31H21BCl3F6P. The van der Waals surface area contributed by atoms with E-state index in [1.807, 2.05) is 72.8 Å². The molecule has 0 radical (unpaired) electrons. The first-order valence-corrected chi connectivity index (χ1v) is 15.4. The van der Waals surface area contributed by atoms with Crippen molar-refractivity contribution >= 4 is 65.2 Å². The van der Waals surface area contributed by atoms with E-state index in [1.165, 1.54) is 24.3 Å². The zero-order valence-electron chi connectivity index (χ0n) is 21.6. The van der Waals surface area contributed by atoms with Crippen molar-refractivity contribution in [2.45, 2.75) is 5.66 Å². The van der Waals surface area contributed by atoms with E-state index in [1.54, 1.807) is 24.3 Å². The Kier molecular flexibility index (Phi) is 10.3. The highest BCUT2D eigenvalue weighted by molar-refractivity contribution is 7.96. The number of hydrogen-bond donors (Lipinski definition) is 0. The zero-order valence-corrected chi connectivity index (χ0v) is 24.7. The lowest BCUT2D eigenvalue weighted by molar-refractivity contribution is 0.368. The Morgan fingerprint density at radius 3 is 0.905 bits per heavy atom. The average Bonchev–Trinajstić information content (AvgIpc) is 2.94. The molecule has 0 atom stereocenters. The molecule has 0 saturated heterocycles. The molecular weight excluding hydrogens is 634 g/mol. The number of halogens is 9. The Labute approximate surface area is 255 Å². The first-order valence-electron chi connectivity index (χ1n) is 12.4. The van der Waals surface area contributed by atoms with Gasteiger partial charge in [0.1, 0.15) is 40.5 Å². The van der Waals surface area contributed by atoms with Crippen molar-refractivity contribution in [2.24, 2.45) is 0 Å². The van der Waals surface area contributed by atoms with Gasteiger partial charge in [0.05, 0.1) is 0 Å². The van der Waals surface area contributed by atoms with E-state index in [0.717, 1.165) is 27.0 Å². The molecule has 42 heavy (non-hydrogen) atoms. The van der Waals surface area contributed by atoms with E-state index >= 15 is 0 Å². The fourth-order valence-electron chi connectivity index (χ4n) is 4.85. The molecule has 0 aromatic heterocycles. The lowest BCUT2D eigenvalue weighted by Gasteiger charge is -2.35. The van der Waals surface area contributed by atoms with Crippen molar-refractivity contribution in [3.05, 3.63) is 159 Å². The summed E-state index contributed by atoms with van der Waals surface area (Å²) < 4.78 is 67.2. The quantitative estimate of drug-likeness (QED) is 0.0971. The number of rotatable bonds is 6. The Bertz CT molecular complexity index is 1430. The van der Waals surface area contributed by atoms with Crippen LogP contribution in [0.25, 0.3) is 0 Å². The van der Waals surface area contributed by atoms with Gasteiger partial charge in [-0.25, -0.2) is 8.78 Å². The minimum atomic E-state index is -6.00. The van der Waals surface area contributed by atoms with Crippen molar-refractivity contribution in [1.82, 2.24) is 0 Å². The van der Waals surface area contributed by atoms with Crippen LogP contribution in [0.3, 0.4) is 0 Å². The molecule has 5 aromatic carbocycles. The summed E-state index contributed by atoms with van der Waals surface area (Å²) in [6.45, 7) is 0. The standard InChI is InChI=1S/C31H21Cl3F2P.BF4/c32-23-5-15-28(16-6-23)37(29-17-7-24(33)8-18-29,30-19-9-25(34)10-20-30)31(21-1-11-26(35)12-2-21)22-3-13-27(36)14-4-22;2-1(3,4)5/h1-20,31H;/q+1;-1. The minimum Gasteiger partial charge on any atom is -0.418 e. The fourth-order valence-corrected chi connectivity index (χ4v) is 10.1. The Morgan fingerprint density at radius 1 is 0.429 bits per heavy atom. The summed E-state index contributed by atoms with van der Waals surface area (Å²) >= 11 is 19.0. The molecule has 0 aliphatic rings. The Morgan fingerprint density at radius 2 is 0.667 bits per heavy atom. The van der Waals surface area contributed by atoms with Crippen LogP contribution in [0.4, 0.5) is 26.0 Å². The van der Waals surface area contributed by atoms with Crippen molar-refractivity contribution in [3.63, 3.8) is 0 Å². The van der Waals surface area contributed by atoms with Crippen molar-refractivity contribution in [3.8, 4) is 0 Å². The molecule has 0 aliphatic heterocycles. The van der Waals surface area contributed by atoms with Gasteiger partial charge in [-0.2, -0.15) is 0 Å². The van der Waals surface area contributed by atoms with Crippen LogP contribution < -0.4 is 15.9 Å². The molecule has 11 heteroatoms. The molecule has 0 heterocycles. The van der Waals surface area contributed by atoms with E-state index in [9.17, 15) is 26.0 Å². The summed E-state index contributed by atoms with van der Waals surface area (Å²) in [6, 6.07) is 36.6. The lowest BCUT2D eigenvalue weighted by Crippen LogP contribution is -2.35. The first-order chi connectivity index (χ1) is 19.9. The molecule has 216 valence electrons. The van der Waals surface area contributed by atoms with Gasteiger partial charge in [-0.05, 0) is 108 Å². The van der Waals surface area contributed by atoms with Crippen molar-refractivity contribution in [1.29, 1.82) is 0 Å². The van der Waals surface area contributed by atoms with E-state index in [4.69, 9.17) is 34.8 Å². The SMILES string of the molecule is F[B-](F)(F)F.Fc1ccc(C(c2ccc(F)cc2)[P+](c2ccc(Cl)cc2)(c2ccc(Cl)cc2)c2ccc(Cl)cc2)cc1. The molecule has 0 N–H and O–H groups in total. The zero-order chi connectivity index (χ0) is 30.5. The molecule has 5 aromatic rings. The third-order valence-electron chi connectivity index (χ3n) is 6.46. The van der Waals surface area contributed by atoms with Gasteiger partial charge in [-0.3, -0.25) is 0 Å². The first kappa shape index (κ1) is 32.0. The van der Waals surface area contributed by atoms with Gasteiger partial charge in [-0.15, -0.1) is 0 Å². The predicted octanol–water partition coefficient (Wildman–Crippen LogP) is 10.3. The highest BCUT2D eigenvalue weighted by Gasteiger charge is 2.54. The molecule has 0 fully saturated rings. The molecule has 0 saturated carbocycles. The van der Waals surface area contributed by atoms with Crippen LogP contribution in [0.5, 0.6) is 0 Å². The average molecular weight is 656 g/mol. The van der Waals surface area contributed by atoms with Gasteiger partial charge in [-0.1, -0.05) is 59.1 Å². The van der Waals surface area contributed by atoms with E-state index in [-0.39, 0.29) is 17.3 Å². The van der Waals surface area contributed by atoms with Gasteiger partial charge >= 0.3 is 7.25 Å². The predicted molar refractivity (Wildman–Crippen MR) is 165 cm³/mol. The van der Waals surface area contributed by atoms with Crippen LogP contribution in [0.2, 0.25) is 15.1 Å². The largest absolute Gasteiger partial charge is 0.673 e. The number of benzene rings is 5. The summed E-state index contributed by atoms with van der Waals surface area (Å²) in [4.78, 5) is 0. The van der Waals surface area contributed by atoms with Crippen LogP contribution in [-0.4, -0.2) is 7.25 Å². The smallest absolute Gasteiger partial charge is 0.418 e. The van der Waals surface area contributed by atoms with Gasteiger partial charge in [0, 0.05) is 15.1 Å². The normalized spacial score (nSPS) is 11.7. The van der Waals surface area contributed by atoms with Crippen LogP contribution in [0.1, 0.15) is 16.8 Å². The van der Waals surface area contributed by atoms with Crippen molar-refractivity contribution < 1.29 is 26.0 Å². The second kappa shape index (κ2) is 13.6. The topological polar surface area (TPSA) is 0 Å². The molecule has 0 unspecified atom stereocenters. The van der Waals surface area contributed by atoms with Gasteiger partial charge < -0.3 is 17.3 Å². The summed E-state index contributed by atoms with van der Waals surface area (Å²) in [5.74, 6) is -0.648. The fraction of sp³-hybridized carbons (Fsp3) is 0.0323. The third-order valence-corrected chi connectivity index (χ3v) is 11.9. The maximum Gasteiger partial charge on any atom is 0.673 e. The second-order valence-corrected chi connectivity index (χ2v) is 14.0. The third kappa shape index (κ3) is 7.70. The lowest BCUT2D eigenvalue weighted by atomic mass is 10.0. The molecule has 0 amide bonds. The molecule has 0 bridgehead atoms. The Balaban J connectivity index is 0.000000748. The van der Waals surface area contributed by atoms with Gasteiger partial charge in [0.15, 0.2) is 0 Å². The summed E-state index contributed by atoms with van der Waals surface area (Å²) in [5.41, 5.74) is 1.53. The Hall–Kier alpha value is -2.96. The molecule has 5 rings (SSSR count). The van der Waals surface area contributed by atoms with E-state index in [2.05, 4.69) is 0 Å². The maximum atomic E-state index is 14.1. The van der Waals surface area contributed by atoms with Crippen LogP contribution in [0, 0.1) is 11.6 Å². The molecule has 0 spiro atoms. The van der Waals surface area contributed by atoms with Gasteiger partial charge in [0.25, 0.3) is 0 Å². The molecule has 0 aliphatic carbocycles. The molecule has 0 nitrogen and oxygen atoms in total. The maximum absolute atomic E-state index is 14.1.